The minimum atomic E-state index is -0.0732. The maximum Gasteiger partial charge on any atom is 0.252 e. The van der Waals surface area contributed by atoms with Gasteiger partial charge in [0, 0.05) is 44.3 Å². The number of ether oxygens (including phenoxy) is 1. The van der Waals surface area contributed by atoms with Gasteiger partial charge < -0.3 is 10.1 Å². The molecule has 3 heterocycles. The van der Waals surface area contributed by atoms with Crippen LogP contribution in [0.5, 0.6) is 0 Å². The summed E-state index contributed by atoms with van der Waals surface area (Å²) in [5, 5.41) is 8.28. The number of fused-ring (bicyclic) bond motifs is 1. The normalized spacial score (nSPS) is 16.1. The van der Waals surface area contributed by atoms with Crippen LogP contribution in [0.25, 0.3) is 22.3 Å². The van der Waals surface area contributed by atoms with Gasteiger partial charge in [-0.05, 0) is 24.1 Å². The predicted octanol–water partition coefficient (Wildman–Crippen LogP) is 2.72. The van der Waals surface area contributed by atoms with E-state index in [2.05, 4.69) is 29.2 Å². The predicted molar refractivity (Wildman–Crippen MR) is 117 cm³/mol. The fourth-order valence-electron chi connectivity index (χ4n) is 4.11. The summed E-state index contributed by atoms with van der Waals surface area (Å²) in [6.45, 7) is 8.32. The molecule has 1 atom stereocenters. The minimum absolute atomic E-state index is 0.0732. The molecule has 1 N–H and O–H groups in total. The summed E-state index contributed by atoms with van der Waals surface area (Å²) < 4.78 is 7.26. The van der Waals surface area contributed by atoms with E-state index in [0.717, 1.165) is 48.6 Å². The number of pyridine rings is 1. The van der Waals surface area contributed by atoms with Crippen LogP contribution in [-0.4, -0.2) is 64.5 Å². The van der Waals surface area contributed by atoms with Crippen LogP contribution in [0.15, 0.2) is 42.6 Å². The molecule has 1 aliphatic rings. The minimum Gasteiger partial charge on any atom is -0.379 e. The number of aryl methyl sites for hydroxylation is 1. The van der Waals surface area contributed by atoms with E-state index >= 15 is 0 Å². The molecule has 0 radical (unpaired) electrons. The number of amides is 1. The average Bonchev–Trinajstić information content (AvgIpc) is 3.19. The van der Waals surface area contributed by atoms with Crippen LogP contribution >= 0.6 is 0 Å². The van der Waals surface area contributed by atoms with Gasteiger partial charge in [-0.2, -0.15) is 5.10 Å². The van der Waals surface area contributed by atoms with Crippen LogP contribution in [0.3, 0.4) is 0 Å². The van der Waals surface area contributed by atoms with Gasteiger partial charge in [0.05, 0.1) is 35.7 Å². The molecule has 2 aromatic heterocycles. The summed E-state index contributed by atoms with van der Waals surface area (Å²) >= 11 is 0. The van der Waals surface area contributed by atoms with Crippen molar-refractivity contribution in [3.05, 3.63) is 48.2 Å². The maximum atomic E-state index is 13.3. The summed E-state index contributed by atoms with van der Waals surface area (Å²) in [6.07, 6.45) is 1.74. The number of hydrogen-bond acceptors (Lipinski definition) is 5. The first-order valence-corrected chi connectivity index (χ1v) is 10.5. The Morgan fingerprint density at radius 1 is 1.20 bits per heavy atom. The van der Waals surface area contributed by atoms with Gasteiger partial charge in [-0.1, -0.05) is 32.0 Å². The summed E-state index contributed by atoms with van der Waals surface area (Å²) in [7, 11) is 1.88. The number of nitrogens with zero attached hydrogens (tertiary/aromatic N) is 4. The van der Waals surface area contributed by atoms with E-state index in [1.807, 2.05) is 43.4 Å². The van der Waals surface area contributed by atoms with Gasteiger partial charge in [-0.15, -0.1) is 0 Å². The van der Waals surface area contributed by atoms with Gasteiger partial charge in [0.2, 0.25) is 0 Å². The molecular formula is C23H29N5O2. The first kappa shape index (κ1) is 20.5. The van der Waals surface area contributed by atoms with Crippen molar-refractivity contribution in [2.24, 2.45) is 13.0 Å². The Bertz CT molecular complexity index is 1020. The average molecular weight is 408 g/mol. The molecule has 4 rings (SSSR count). The smallest absolute Gasteiger partial charge is 0.252 e. The Labute approximate surface area is 177 Å². The SMILES string of the molecule is CC(C)C(CNC(=O)c1cc(-c2ccnn2C)nc2ccccc12)N1CCOCC1. The molecule has 0 aliphatic carbocycles. The highest BCUT2D eigenvalue weighted by Gasteiger charge is 2.25. The van der Waals surface area contributed by atoms with E-state index in [4.69, 9.17) is 9.72 Å². The zero-order chi connectivity index (χ0) is 21.1. The fourth-order valence-corrected chi connectivity index (χ4v) is 4.11. The standard InChI is InChI=1S/C23H29N5O2/c1-16(2)22(28-10-12-30-13-11-28)15-24-23(29)18-14-20(21-8-9-25-27(21)3)26-19-7-5-4-6-17(18)19/h4-9,14,16,22H,10-13,15H2,1-3H3,(H,24,29). The van der Waals surface area contributed by atoms with E-state index in [9.17, 15) is 4.79 Å². The molecule has 30 heavy (non-hydrogen) atoms. The molecule has 3 aromatic rings. The first-order chi connectivity index (χ1) is 14.5. The zero-order valence-corrected chi connectivity index (χ0v) is 17.8. The van der Waals surface area contributed by atoms with E-state index in [-0.39, 0.29) is 11.9 Å². The van der Waals surface area contributed by atoms with Crippen molar-refractivity contribution in [1.82, 2.24) is 25.0 Å². The number of carbonyl (C=O) groups is 1. The summed E-state index contributed by atoms with van der Waals surface area (Å²) in [5.41, 5.74) is 3.06. The molecule has 1 fully saturated rings. The highest BCUT2D eigenvalue weighted by atomic mass is 16.5. The Balaban J connectivity index is 1.61. The van der Waals surface area contributed by atoms with Crippen LogP contribution < -0.4 is 5.32 Å². The number of hydrogen-bond donors (Lipinski definition) is 1. The van der Waals surface area contributed by atoms with Crippen LogP contribution in [-0.2, 0) is 11.8 Å². The molecule has 1 aromatic carbocycles. The second-order valence-electron chi connectivity index (χ2n) is 8.08. The second kappa shape index (κ2) is 8.93. The van der Waals surface area contributed by atoms with Gasteiger partial charge in [-0.25, -0.2) is 4.98 Å². The fraction of sp³-hybridized carbons (Fsp3) is 0.435. The van der Waals surface area contributed by atoms with Crippen molar-refractivity contribution in [2.45, 2.75) is 19.9 Å². The molecule has 1 amide bonds. The summed E-state index contributed by atoms with van der Waals surface area (Å²) in [4.78, 5) is 20.4. The molecule has 1 aliphatic heterocycles. The lowest BCUT2D eigenvalue weighted by Gasteiger charge is -2.37. The van der Waals surface area contributed by atoms with Crippen molar-refractivity contribution < 1.29 is 9.53 Å². The highest BCUT2D eigenvalue weighted by Crippen LogP contribution is 2.24. The topological polar surface area (TPSA) is 72.3 Å². The van der Waals surface area contributed by atoms with Crippen LogP contribution in [0.2, 0.25) is 0 Å². The van der Waals surface area contributed by atoms with Crippen LogP contribution in [0.4, 0.5) is 0 Å². The highest BCUT2D eigenvalue weighted by molar-refractivity contribution is 6.07. The number of morpholine rings is 1. The van der Waals surface area contributed by atoms with E-state index in [1.54, 1.807) is 10.9 Å². The molecular weight excluding hydrogens is 378 g/mol. The number of benzene rings is 1. The zero-order valence-electron chi connectivity index (χ0n) is 17.8. The van der Waals surface area contributed by atoms with Gasteiger partial charge in [0.15, 0.2) is 0 Å². The summed E-state index contributed by atoms with van der Waals surface area (Å²) in [6, 6.07) is 11.8. The largest absolute Gasteiger partial charge is 0.379 e. The number of rotatable bonds is 6. The Hall–Kier alpha value is -2.77. The van der Waals surface area contributed by atoms with Gasteiger partial charge >= 0.3 is 0 Å². The van der Waals surface area contributed by atoms with Crippen molar-refractivity contribution >= 4 is 16.8 Å². The monoisotopic (exact) mass is 407 g/mol. The van der Waals surface area contributed by atoms with Gasteiger partial charge in [-0.3, -0.25) is 14.4 Å². The Morgan fingerprint density at radius 3 is 2.67 bits per heavy atom. The van der Waals surface area contributed by atoms with Crippen molar-refractivity contribution in [1.29, 1.82) is 0 Å². The second-order valence-corrected chi connectivity index (χ2v) is 8.08. The summed E-state index contributed by atoms with van der Waals surface area (Å²) in [5.74, 6) is 0.360. The maximum absolute atomic E-state index is 13.3. The molecule has 7 nitrogen and oxygen atoms in total. The number of nitrogens with one attached hydrogen (secondary N) is 1. The van der Waals surface area contributed by atoms with Crippen molar-refractivity contribution in [2.75, 3.05) is 32.8 Å². The van der Waals surface area contributed by atoms with Crippen molar-refractivity contribution in [3.8, 4) is 11.4 Å². The third kappa shape index (κ3) is 4.22. The van der Waals surface area contributed by atoms with Gasteiger partial charge in [0.1, 0.15) is 0 Å². The molecule has 1 saturated heterocycles. The first-order valence-electron chi connectivity index (χ1n) is 10.5. The number of carbonyl (C=O) groups excluding carboxylic acids is 1. The van der Waals surface area contributed by atoms with Gasteiger partial charge in [0.25, 0.3) is 5.91 Å². The van der Waals surface area contributed by atoms with E-state index in [0.29, 0.717) is 18.0 Å². The third-order valence-corrected chi connectivity index (χ3v) is 5.80. The Kier molecular flexibility index (Phi) is 6.11. The van der Waals surface area contributed by atoms with Crippen LogP contribution in [0, 0.1) is 5.92 Å². The van der Waals surface area contributed by atoms with Crippen molar-refractivity contribution in [3.63, 3.8) is 0 Å². The quantitative estimate of drug-likeness (QED) is 0.680. The molecule has 1 unspecified atom stereocenters. The molecule has 0 saturated carbocycles. The molecule has 0 spiro atoms. The number of aromatic nitrogens is 3. The molecule has 0 bridgehead atoms. The lowest BCUT2D eigenvalue weighted by Crippen LogP contribution is -2.51. The number of para-hydroxylation sites is 1. The van der Waals surface area contributed by atoms with E-state index in [1.165, 1.54) is 0 Å². The Morgan fingerprint density at radius 2 is 1.97 bits per heavy atom. The lowest BCUT2D eigenvalue weighted by atomic mass is 10.0. The van der Waals surface area contributed by atoms with Crippen LogP contribution in [0.1, 0.15) is 24.2 Å². The molecule has 158 valence electrons. The lowest BCUT2D eigenvalue weighted by molar-refractivity contribution is 0.00673. The van der Waals surface area contributed by atoms with E-state index < -0.39 is 0 Å². The third-order valence-electron chi connectivity index (χ3n) is 5.80. The molecule has 7 heteroatoms.